The Bertz CT molecular complexity index is 1080. The molecule has 1 aromatic carbocycles. The number of esters is 2. The third-order valence-electron chi connectivity index (χ3n) is 5.79. The second-order valence-corrected chi connectivity index (χ2v) is 11.6. The number of hydrogen-bond donors (Lipinski definition) is 2. The molecular weight excluding hydrogens is 466 g/mol. The van der Waals surface area contributed by atoms with Crippen LogP contribution in [0.3, 0.4) is 0 Å². The maximum absolute atomic E-state index is 12.5. The highest BCUT2D eigenvalue weighted by Crippen LogP contribution is 2.35. The van der Waals surface area contributed by atoms with E-state index in [0.717, 1.165) is 36.7 Å². The van der Waals surface area contributed by atoms with E-state index in [1.807, 2.05) is 0 Å². The highest BCUT2D eigenvalue weighted by Gasteiger charge is 2.33. The van der Waals surface area contributed by atoms with Gasteiger partial charge in [0, 0.05) is 5.69 Å². The molecule has 0 aliphatic heterocycles. The van der Waals surface area contributed by atoms with Crippen LogP contribution in [0.25, 0.3) is 0 Å². The molecule has 1 aromatic heterocycles. The minimum atomic E-state index is -3.82. The van der Waals surface area contributed by atoms with E-state index in [1.54, 1.807) is 11.4 Å². The van der Waals surface area contributed by atoms with E-state index in [4.69, 9.17) is 9.47 Å². The summed E-state index contributed by atoms with van der Waals surface area (Å²) in [4.78, 5) is 24.8. The number of rotatable bonds is 8. The average molecular weight is 496 g/mol. The molecular formula is C23H29NO7S2. The number of carbonyl (C=O) groups is 2. The fourth-order valence-corrected chi connectivity index (χ4v) is 6.08. The van der Waals surface area contributed by atoms with Crippen LogP contribution in [0.15, 0.2) is 39.9 Å². The number of thiophene rings is 1. The SMILES string of the molecule is CC(C)[C@H]1CC[C@@H](C)C[C@@H]1OC(=O)COC(=O)c1cc(NS(=O)(=O)c2cccs2)ccc1O. The zero-order valence-corrected chi connectivity index (χ0v) is 20.4. The normalized spacial score (nSPS) is 20.9. The molecule has 33 heavy (non-hydrogen) atoms. The van der Waals surface area contributed by atoms with Crippen molar-refractivity contribution in [3.8, 4) is 5.75 Å². The lowest BCUT2D eigenvalue weighted by molar-refractivity contribution is -0.159. The average Bonchev–Trinajstić information content (AvgIpc) is 3.29. The first-order chi connectivity index (χ1) is 15.6. The number of hydrogen-bond acceptors (Lipinski definition) is 8. The van der Waals surface area contributed by atoms with Crippen LogP contribution in [0.5, 0.6) is 5.75 Å². The molecule has 1 heterocycles. The Labute approximate surface area is 198 Å². The second-order valence-electron chi connectivity index (χ2n) is 8.70. The Morgan fingerprint density at radius 2 is 2.00 bits per heavy atom. The first-order valence-electron chi connectivity index (χ1n) is 10.8. The van der Waals surface area contributed by atoms with Crippen molar-refractivity contribution in [1.29, 1.82) is 0 Å². The highest BCUT2D eigenvalue weighted by molar-refractivity contribution is 7.94. The number of anilines is 1. The molecule has 180 valence electrons. The standard InChI is InChI=1S/C23H29NO7S2/c1-14(2)17-8-6-15(3)11-20(17)31-21(26)13-30-23(27)18-12-16(7-9-19(18)25)24-33(28,29)22-5-4-10-32-22/h4-5,7,9-10,12,14-15,17,20,24-25H,6,8,11,13H2,1-3H3/t15-,17-,20+/m1/s1. The summed E-state index contributed by atoms with van der Waals surface area (Å²) in [5.74, 6) is -0.916. The minimum absolute atomic E-state index is 0.0756. The number of aromatic hydroxyl groups is 1. The first-order valence-corrected chi connectivity index (χ1v) is 13.2. The fraction of sp³-hybridized carbons (Fsp3) is 0.478. The van der Waals surface area contributed by atoms with Crippen LogP contribution in [-0.2, 0) is 24.3 Å². The molecule has 8 nitrogen and oxygen atoms in total. The fourth-order valence-electron chi connectivity index (χ4n) is 4.04. The summed E-state index contributed by atoms with van der Waals surface area (Å²) in [6.45, 7) is 5.73. The Morgan fingerprint density at radius 1 is 1.24 bits per heavy atom. The van der Waals surface area contributed by atoms with E-state index in [2.05, 4.69) is 25.5 Å². The molecule has 0 spiro atoms. The van der Waals surface area contributed by atoms with Gasteiger partial charge in [-0.15, -0.1) is 11.3 Å². The number of benzene rings is 1. The van der Waals surface area contributed by atoms with Crippen molar-refractivity contribution in [2.45, 2.75) is 50.3 Å². The van der Waals surface area contributed by atoms with Crippen molar-refractivity contribution in [3.05, 3.63) is 41.3 Å². The van der Waals surface area contributed by atoms with Gasteiger partial charge in [0.25, 0.3) is 10.0 Å². The van der Waals surface area contributed by atoms with Gasteiger partial charge < -0.3 is 14.6 Å². The third-order valence-corrected chi connectivity index (χ3v) is 8.57. The summed E-state index contributed by atoms with van der Waals surface area (Å²) < 4.78 is 37.9. The van der Waals surface area contributed by atoms with Gasteiger partial charge in [0.15, 0.2) is 6.61 Å². The lowest BCUT2D eigenvalue weighted by Gasteiger charge is -2.36. The maximum Gasteiger partial charge on any atom is 0.344 e. The molecule has 0 bridgehead atoms. The monoisotopic (exact) mass is 495 g/mol. The molecule has 10 heteroatoms. The minimum Gasteiger partial charge on any atom is -0.507 e. The molecule has 0 radical (unpaired) electrons. The highest BCUT2D eigenvalue weighted by atomic mass is 32.2. The summed E-state index contributed by atoms with van der Waals surface area (Å²) in [6, 6.07) is 6.71. The van der Waals surface area contributed by atoms with E-state index in [9.17, 15) is 23.1 Å². The van der Waals surface area contributed by atoms with Crippen molar-refractivity contribution in [2.24, 2.45) is 17.8 Å². The summed E-state index contributed by atoms with van der Waals surface area (Å²) in [7, 11) is -3.82. The summed E-state index contributed by atoms with van der Waals surface area (Å²) >= 11 is 1.05. The van der Waals surface area contributed by atoms with E-state index in [0.29, 0.717) is 11.8 Å². The molecule has 3 rings (SSSR count). The number of nitrogens with one attached hydrogen (secondary N) is 1. The van der Waals surface area contributed by atoms with Crippen LogP contribution in [0.2, 0.25) is 0 Å². The summed E-state index contributed by atoms with van der Waals surface area (Å²) in [6.07, 6.45) is 2.63. The smallest absolute Gasteiger partial charge is 0.344 e. The lowest BCUT2D eigenvalue weighted by atomic mass is 9.75. The predicted octanol–water partition coefficient (Wildman–Crippen LogP) is 4.42. The summed E-state index contributed by atoms with van der Waals surface area (Å²) in [5.41, 5.74) is -0.188. The Hall–Kier alpha value is -2.59. The van der Waals surface area contributed by atoms with E-state index in [1.165, 1.54) is 18.2 Å². The van der Waals surface area contributed by atoms with Gasteiger partial charge in [-0.2, -0.15) is 0 Å². The summed E-state index contributed by atoms with van der Waals surface area (Å²) in [5, 5.41) is 11.7. The molecule has 2 N–H and O–H groups in total. The van der Waals surface area contributed by atoms with Crippen molar-refractivity contribution in [1.82, 2.24) is 0 Å². The third kappa shape index (κ3) is 6.48. The van der Waals surface area contributed by atoms with E-state index >= 15 is 0 Å². The topological polar surface area (TPSA) is 119 Å². The first kappa shape index (κ1) is 25.0. The lowest BCUT2D eigenvalue weighted by Crippen LogP contribution is -2.36. The van der Waals surface area contributed by atoms with Crippen LogP contribution < -0.4 is 4.72 Å². The quantitative estimate of drug-likeness (QED) is 0.411. The zero-order valence-electron chi connectivity index (χ0n) is 18.8. The van der Waals surface area contributed by atoms with Crippen molar-refractivity contribution >= 4 is 39.0 Å². The van der Waals surface area contributed by atoms with Gasteiger partial charge in [-0.25, -0.2) is 18.0 Å². The van der Waals surface area contributed by atoms with Crippen LogP contribution in [0.1, 0.15) is 50.4 Å². The number of phenols is 1. The molecule has 2 aromatic rings. The molecule has 3 atom stereocenters. The van der Waals surface area contributed by atoms with Gasteiger partial charge in [-0.3, -0.25) is 4.72 Å². The molecule has 1 fully saturated rings. The van der Waals surface area contributed by atoms with E-state index < -0.39 is 34.3 Å². The molecule has 1 aliphatic carbocycles. The van der Waals surface area contributed by atoms with Gasteiger partial charge in [0.2, 0.25) is 0 Å². The molecule has 1 saturated carbocycles. The second kappa shape index (κ2) is 10.6. The van der Waals surface area contributed by atoms with Gasteiger partial charge in [0.05, 0.1) is 0 Å². The van der Waals surface area contributed by atoms with Gasteiger partial charge in [-0.1, -0.05) is 33.3 Å². The van der Waals surface area contributed by atoms with Crippen molar-refractivity contribution in [2.75, 3.05) is 11.3 Å². The molecule has 0 amide bonds. The number of carbonyl (C=O) groups excluding carboxylic acids is 2. The van der Waals surface area contributed by atoms with Crippen molar-refractivity contribution < 1.29 is 32.6 Å². The molecule has 0 saturated heterocycles. The van der Waals surface area contributed by atoms with Gasteiger partial charge in [-0.05, 0) is 60.2 Å². The zero-order chi connectivity index (χ0) is 24.2. The Balaban J connectivity index is 1.62. The number of ether oxygens (including phenoxy) is 2. The Kier molecular flexibility index (Phi) is 8.01. The number of sulfonamides is 1. The van der Waals surface area contributed by atoms with E-state index in [-0.39, 0.29) is 27.5 Å². The van der Waals surface area contributed by atoms with Crippen LogP contribution in [0, 0.1) is 17.8 Å². The molecule has 1 aliphatic rings. The van der Waals surface area contributed by atoms with Crippen LogP contribution in [-0.4, -0.2) is 38.2 Å². The predicted molar refractivity (Wildman–Crippen MR) is 125 cm³/mol. The van der Waals surface area contributed by atoms with Gasteiger partial charge >= 0.3 is 11.9 Å². The van der Waals surface area contributed by atoms with Crippen LogP contribution >= 0.6 is 11.3 Å². The Morgan fingerprint density at radius 3 is 2.67 bits per heavy atom. The largest absolute Gasteiger partial charge is 0.507 e. The molecule has 0 unspecified atom stereocenters. The van der Waals surface area contributed by atoms with Crippen molar-refractivity contribution in [3.63, 3.8) is 0 Å². The number of phenolic OH excluding ortho intramolecular Hbond substituents is 1. The van der Waals surface area contributed by atoms with Crippen LogP contribution in [0.4, 0.5) is 5.69 Å². The maximum atomic E-state index is 12.5. The van der Waals surface area contributed by atoms with Gasteiger partial charge in [0.1, 0.15) is 21.6 Å².